The number of para-hydroxylation sites is 1. The molecule has 2 rings (SSSR count). The van der Waals surface area contributed by atoms with Crippen molar-refractivity contribution in [3.05, 3.63) is 59.7 Å². The van der Waals surface area contributed by atoms with Gasteiger partial charge in [-0.05, 0) is 36.2 Å². The summed E-state index contributed by atoms with van der Waals surface area (Å²) in [6, 6.07) is 10.4. The van der Waals surface area contributed by atoms with Crippen molar-refractivity contribution in [3.8, 4) is 5.75 Å². The van der Waals surface area contributed by atoms with Crippen LogP contribution in [-0.2, 0) is 16.0 Å². The molecule has 2 N–H and O–H groups in total. The van der Waals surface area contributed by atoms with Crippen LogP contribution in [0.2, 0.25) is 0 Å². The van der Waals surface area contributed by atoms with E-state index < -0.39 is 29.1 Å². The molecule has 0 radical (unpaired) electrons. The van der Waals surface area contributed by atoms with E-state index in [1.54, 1.807) is 19.2 Å². The first-order valence-corrected chi connectivity index (χ1v) is 7.17. The molecular weight excluding hydrogens is 318 g/mol. The van der Waals surface area contributed by atoms with Crippen LogP contribution in [0, 0.1) is 11.6 Å². The predicted octanol–water partition coefficient (Wildman–Crippen LogP) is 2.27. The summed E-state index contributed by atoms with van der Waals surface area (Å²) < 4.78 is 31.9. The third-order valence-electron chi connectivity index (χ3n) is 3.27. The summed E-state index contributed by atoms with van der Waals surface area (Å²) in [5.74, 6) is -3.28. The molecule has 0 fully saturated rings. The molecule has 0 spiro atoms. The third kappa shape index (κ3) is 4.52. The Labute approximate surface area is 137 Å². The van der Waals surface area contributed by atoms with Crippen molar-refractivity contribution in [2.45, 2.75) is 6.42 Å². The van der Waals surface area contributed by atoms with Crippen LogP contribution >= 0.6 is 0 Å². The van der Waals surface area contributed by atoms with Gasteiger partial charge in [0.2, 0.25) is 0 Å². The molecule has 24 heavy (non-hydrogen) atoms. The van der Waals surface area contributed by atoms with Crippen LogP contribution < -0.4 is 15.4 Å². The van der Waals surface area contributed by atoms with E-state index in [9.17, 15) is 18.4 Å². The Kier molecular flexibility index (Phi) is 5.83. The number of hydrogen-bond acceptors (Lipinski definition) is 3. The van der Waals surface area contributed by atoms with Gasteiger partial charge in [-0.2, -0.15) is 0 Å². The molecule has 0 saturated carbocycles. The minimum absolute atomic E-state index is 0.207. The topological polar surface area (TPSA) is 67.4 Å². The van der Waals surface area contributed by atoms with Crippen molar-refractivity contribution >= 4 is 17.5 Å². The van der Waals surface area contributed by atoms with E-state index in [-0.39, 0.29) is 6.54 Å². The van der Waals surface area contributed by atoms with Gasteiger partial charge in [-0.15, -0.1) is 0 Å². The van der Waals surface area contributed by atoms with Gasteiger partial charge < -0.3 is 15.4 Å². The number of ether oxygens (including phenoxy) is 1. The van der Waals surface area contributed by atoms with Gasteiger partial charge in [0.15, 0.2) is 0 Å². The van der Waals surface area contributed by atoms with Gasteiger partial charge >= 0.3 is 11.8 Å². The Morgan fingerprint density at radius 2 is 1.62 bits per heavy atom. The molecule has 0 aliphatic heterocycles. The molecule has 2 amide bonds. The average molecular weight is 334 g/mol. The number of carbonyl (C=O) groups excluding carboxylic acids is 2. The van der Waals surface area contributed by atoms with E-state index in [0.717, 1.165) is 23.8 Å². The Morgan fingerprint density at radius 1 is 1.00 bits per heavy atom. The number of anilines is 1. The van der Waals surface area contributed by atoms with Crippen LogP contribution in [0.1, 0.15) is 5.56 Å². The van der Waals surface area contributed by atoms with Crippen molar-refractivity contribution in [2.24, 2.45) is 0 Å². The molecule has 2 aromatic carbocycles. The second-order valence-electron chi connectivity index (χ2n) is 4.90. The van der Waals surface area contributed by atoms with E-state index >= 15 is 0 Å². The second-order valence-corrected chi connectivity index (χ2v) is 4.90. The maximum atomic E-state index is 13.4. The molecule has 0 saturated heterocycles. The lowest BCUT2D eigenvalue weighted by Crippen LogP contribution is -2.36. The van der Waals surface area contributed by atoms with Gasteiger partial charge in [0, 0.05) is 6.54 Å². The Morgan fingerprint density at radius 3 is 2.21 bits per heavy atom. The Hall–Kier alpha value is -2.96. The van der Waals surface area contributed by atoms with Crippen molar-refractivity contribution in [1.29, 1.82) is 0 Å². The third-order valence-corrected chi connectivity index (χ3v) is 3.27. The highest BCUT2D eigenvalue weighted by molar-refractivity contribution is 6.39. The highest BCUT2D eigenvalue weighted by Gasteiger charge is 2.17. The zero-order valence-corrected chi connectivity index (χ0v) is 12.9. The van der Waals surface area contributed by atoms with Gasteiger partial charge in [-0.3, -0.25) is 9.59 Å². The summed E-state index contributed by atoms with van der Waals surface area (Å²) in [5.41, 5.74) is 0.296. The lowest BCUT2D eigenvalue weighted by Gasteiger charge is -2.08. The summed E-state index contributed by atoms with van der Waals surface area (Å²) in [6.45, 7) is 0.207. The first-order chi connectivity index (χ1) is 11.5. The smallest absolute Gasteiger partial charge is 0.313 e. The number of amides is 2. The van der Waals surface area contributed by atoms with Crippen molar-refractivity contribution in [2.75, 3.05) is 19.0 Å². The van der Waals surface area contributed by atoms with Crippen molar-refractivity contribution < 1.29 is 23.1 Å². The molecule has 0 bridgehead atoms. The summed E-state index contributed by atoms with van der Waals surface area (Å²) in [6.07, 6.45) is 0.497. The quantitative estimate of drug-likeness (QED) is 0.825. The predicted molar refractivity (Wildman–Crippen MR) is 84.7 cm³/mol. The van der Waals surface area contributed by atoms with E-state index in [2.05, 4.69) is 5.32 Å². The number of hydrogen-bond donors (Lipinski definition) is 2. The lowest BCUT2D eigenvalue weighted by atomic mass is 10.1. The minimum Gasteiger partial charge on any atom is -0.497 e. The number of benzene rings is 2. The summed E-state index contributed by atoms with van der Waals surface area (Å²) in [5, 5.41) is 4.32. The average Bonchev–Trinajstić information content (AvgIpc) is 2.58. The molecule has 0 aliphatic rings. The zero-order chi connectivity index (χ0) is 17.5. The van der Waals surface area contributed by atoms with E-state index in [1.807, 2.05) is 17.4 Å². The standard InChI is InChI=1S/C17H16F2N2O3/c1-24-12-7-5-11(6-8-12)9-10-20-16(22)17(23)21-15-13(18)3-2-4-14(15)19/h2-8H,9-10H2,1H3,(H,20,22)(H,21,23). The molecule has 0 atom stereocenters. The largest absolute Gasteiger partial charge is 0.497 e. The summed E-state index contributed by atoms with van der Waals surface area (Å²) >= 11 is 0. The number of nitrogens with one attached hydrogen (secondary N) is 2. The van der Waals surface area contributed by atoms with Crippen LogP contribution in [0.15, 0.2) is 42.5 Å². The normalized spacial score (nSPS) is 10.1. The monoisotopic (exact) mass is 334 g/mol. The molecule has 5 nitrogen and oxygen atoms in total. The van der Waals surface area contributed by atoms with Crippen LogP contribution in [-0.4, -0.2) is 25.5 Å². The number of carbonyl (C=O) groups is 2. The zero-order valence-electron chi connectivity index (χ0n) is 12.9. The highest BCUT2D eigenvalue weighted by Crippen LogP contribution is 2.17. The second kappa shape index (κ2) is 8.05. The first-order valence-electron chi connectivity index (χ1n) is 7.17. The molecule has 126 valence electrons. The molecule has 7 heteroatoms. The van der Waals surface area contributed by atoms with E-state index in [0.29, 0.717) is 12.2 Å². The van der Waals surface area contributed by atoms with Gasteiger partial charge in [0.1, 0.15) is 23.1 Å². The maximum Gasteiger partial charge on any atom is 0.313 e. The molecule has 0 unspecified atom stereocenters. The van der Waals surface area contributed by atoms with Crippen LogP contribution in [0.4, 0.5) is 14.5 Å². The molecule has 0 heterocycles. The maximum absolute atomic E-state index is 13.4. The molecule has 2 aromatic rings. The van der Waals surface area contributed by atoms with Gasteiger partial charge in [0.25, 0.3) is 0 Å². The SMILES string of the molecule is COc1ccc(CCNC(=O)C(=O)Nc2c(F)cccc2F)cc1. The first kappa shape index (κ1) is 17.4. The van der Waals surface area contributed by atoms with Gasteiger partial charge in [-0.1, -0.05) is 18.2 Å². The fourth-order valence-electron chi connectivity index (χ4n) is 1.98. The van der Waals surface area contributed by atoms with Gasteiger partial charge in [-0.25, -0.2) is 8.78 Å². The van der Waals surface area contributed by atoms with E-state index in [1.165, 1.54) is 0 Å². The van der Waals surface area contributed by atoms with Gasteiger partial charge in [0.05, 0.1) is 7.11 Å². The van der Waals surface area contributed by atoms with Crippen molar-refractivity contribution in [1.82, 2.24) is 5.32 Å². The van der Waals surface area contributed by atoms with E-state index in [4.69, 9.17) is 4.74 Å². The highest BCUT2D eigenvalue weighted by atomic mass is 19.1. The Balaban J connectivity index is 1.84. The van der Waals surface area contributed by atoms with Crippen LogP contribution in [0.3, 0.4) is 0 Å². The minimum atomic E-state index is -1.13. The van der Waals surface area contributed by atoms with Crippen LogP contribution in [0.25, 0.3) is 0 Å². The molecule has 0 aliphatic carbocycles. The summed E-state index contributed by atoms with van der Waals surface area (Å²) in [4.78, 5) is 23.3. The lowest BCUT2D eigenvalue weighted by molar-refractivity contribution is -0.136. The molecular formula is C17H16F2N2O3. The van der Waals surface area contributed by atoms with Crippen molar-refractivity contribution in [3.63, 3.8) is 0 Å². The number of halogens is 2. The number of methoxy groups -OCH3 is 1. The number of rotatable bonds is 5. The molecule has 0 aromatic heterocycles. The summed E-state index contributed by atoms with van der Waals surface area (Å²) in [7, 11) is 1.56. The fourth-order valence-corrected chi connectivity index (χ4v) is 1.98. The van der Waals surface area contributed by atoms with Crippen LogP contribution in [0.5, 0.6) is 5.75 Å². The fraction of sp³-hybridized carbons (Fsp3) is 0.176. The Bertz CT molecular complexity index is 713.